The van der Waals surface area contributed by atoms with Crippen LogP contribution in [0.2, 0.25) is 0 Å². The van der Waals surface area contributed by atoms with Crippen LogP contribution in [0.1, 0.15) is 20.3 Å². The molecule has 2 rings (SSSR count). The fourth-order valence-electron chi connectivity index (χ4n) is 1.69. The van der Waals surface area contributed by atoms with Crippen molar-refractivity contribution in [2.75, 3.05) is 6.54 Å². The summed E-state index contributed by atoms with van der Waals surface area (Å²) in [6.45, 7) is 4.72. The van der Waals surface area contributed by atoms with Gasteiger partial charge in [0.25, 0.3) is 5.91 Å². The zero-order chi connectivity index (χ0) is 10.3. The maximum absolute atomic E-state index is 11.4. The summed E-state index contributed by atoms with van der Waals surface area (Å²) in [4.78, 5) is 22.6. The molecule has 0 saturated carbocycles. The van der Waals surface area contributed by atoms with Crippen molar-refractivity contribution < 1.29 is 9.59 Å². The first kappa shape index (κ1) is 9.21. The third-order valence-electron chi connectivity index (χ3n) is 2.47. The molecule has 0 aromatic heterocycles. The summed E-state index contributed by atoms with van der Waals surface area (Å²) < 4.78 is 0. The van der Waals surface area contributed by atoms with Crippen LogP contribution in [0.5, 0.6) is 0 Å². The minimum atomic E-state index is -0.219. The first-order valence-corrected chi connectivity index (χ1v) is 4.69. The van der Waals surface area contributed by atoms with Crippen LogP contribution in [0.15, 0.2) is 11.4 Å². The highest BCUT2D eigenvalue weighted by Crippen LogP contribution is 2.22. The van der Waals surface area contributed by atoms with Crippen molar-refractivity contribution in [3.8, 4) is 0 Å². The number of amides is 2. The van der Waals surface area contributed by atoms with Crippen LogP contribution in [-0.2, 0) is 9.59 Å². The molecule has 0 unspecified atom stereocenters. The molecule has 1 fully saturated rings. The average Bonchev–Trinajstić information content (AvgIpc) is 2.47. The second-order valence-corrected chi connectivity index (χ2v) is 3.82. The van der Waals surface area contributed by atoms with Crippen LogP contribution in [0.25, 0.3) is 0 Å². The highest BCUT2D eigenvalue weighted by molar-refractivity contribution is 6.01. The molecule has 0 bridgehead atoms. The molecule has 2 heterocycles. The normalized spacial score (nSPS) is 21.8. The third-order valence-corrected chi connectivity index (χ3v) is 2.47. The lowest BCUT2D eigenvalue weighted by Gasteiger charge is -2.25. The summed E-state index contributed by atoms with van der Waals surface area (Å²) in [6, 6.07) is 0. The molecule has 2 aliphatic rings. The first-order valence-electron chi connectivity index (χ1n) is 4.69. The molecule has 0 atom stereocenters. The number of nitrogens with one attached hydrogen (secondary N) is 2. The molecular formula is C9H13N3O2. The zero-order valence-corrected chi connectivity index (χ0v) is 8.26. The summed E-state index contributed by atoms with van der Waals surface area (Å²) in [7, 11) is 0. The van der Waals surface area contributed by atoms with Crippen molar-refractivity contribution in [2.24, 2.45) is 5.92 Å². The standard InChI is InChI=1S/C9H13N3O2/c1-5(2)6-4-10-12-8(14)3-7(13)11-9(6)12/h5,10H,3-4H2,1-2H3,(H,11,13). The quantitative estimate of drug-likeness (QED) is 0.566. The van der Waals surface area contributed by atoms with E-state index < -0.39 is 0 Å². The van der Waals surface area contributed by atoms with Gasteiger partial charge in [-0.2, -0.15) is 0 Å². The lowest BCUT2D eigenvalue weighted by atomic mass is 10.0. The van der Waals surface area contributed by atoms with Gasteiger partial charge in [-0.15, -0.1) is 0 Å². The Labute approximate surface area is 82.1 Å². The number of hydrogen-bond acceptors (Lipinski definition) is 3. The van der Waals surface area contributed by atoms with Crippen LogP contribution >= 0.6 is 0 Å². The molecule has 2 N–H and O–H groups in total. The largest absolute Gasteiger partial charge is 0.310 e. The van der Waals surface area contributed by atoms with Gasteiger partial charge in [0.2, 0.25) is 5.91 Å². The Hall–Kier alpha value is -1.36. The van der Waals surface area contributed by atoms with Gasteiger partial charge < -0.3 is 5.32 Å². The number of hydrogen-bond donors (Lipinski definition) is 2. The highest BCUT2D eigenvalue weighted by Gasteiger charge is 2.34. The van der Waals surface area contributed by atoms with Gasteiger partial charge in [0.05, 0.1) is 0 Å². The molecule has 2 aliphatic heterocycles. The molecule has 0 aromatic carbocycles. The summed E-state index contributed by atoms with van der Waals surface area (Å²) in [5.41, 5.74) is 4.03. The van der Waals surface area contributed by atoms with Gasteiger partial charge in [-0.25, -0.2) is 10.4 Å². The number of carbonyl (C=O) groups is 2. The maximum Gasteiger partial charge on any atom is 0.252 e. The Bertz CT molecular complexity index is 333. The Kier molecular flexibility index (Phi) is 2.03. The lowest BCUT2D eigenvalue weighted by molar-refractivity contribution is -0.139. The van der Waals surface area contributed by atoms with E-state index in [-0.39, 0.29) is 18.2 Å². The predicted molar refractivity (Wildman–Crippen MR) is 49.5 cm³/mol. The number of rotatable bonds is 1. The van der Waals surface area contributed by atoms with Crippen molar-refractivity contribution in [1.82, 2.24) is 15.8 Å². The fourth-order valence-corrected chi connectivity index (χ4v) is 1.69. The predicted octanol–water partition coefficient (Wildman–Crippen LogP) is -0.279. The number of fused-ring (bicyclic) bond motifs is 1. The smallest absolute Gasteiger partial charge is 0.252 e. The molecule has 5 heteroatoms. The van der Waals surface area contributed by atoms with E-state index in [1.54, 1.807) is 0 Å². The van der Waals surface area contributed by atoms with Crippen molar-refractivity contribution in [3.63, 3.8) is 0 Å². The van der Waals surface area contributed by atoms with Crippen molar-refractivity contribution >= 4 is 11.8 Å². The minimum Gasteiger partial charge on any atom is -0.310 e. The molecule has 1 saturated heterocycles. The average molecular weight is 195 g/mol. The lowest BCUT2D eigenvalue weighted by Crippen LogP contribution is -2.49. The molecule has 2 amide bonds. The Balaban J connectivity index is 2.34. The Morgan fingerprint density at radius 1 is 1.36 bits per heavy atom. The van der Waals surface area contributed by atoms with Crippen molar-refractivity contribution in [3.05, 3.63) is 11.4 Å². The van der Waals surface area contributed by atoms with Crippen LogP contribution in [-0.4, -0.2) is 23.4 Å². The van der Waals surface area contributed by atoms with Crippen LogP contribution in [0.3, 0.4) is 0 Å². The van der Waals surface area contributed by atoms with Crippen LogP contribution in [0.4, 0.5) is 0 Å². The molecular weight excluding hydrogens is 182 g/mol. The van der Waals surface area contributed by atoms with Gasteiger partial charge in [0.1, 0.15) is 12.2 Å². The van der Waals surface area contributed by atoms with E-state index in [1.165, 1.54) is 5.01 Å². The van der Waals surface area contributed by atoms with Gasteiger partial charge in [0, 0.05) is 6.54 Å². The molecule has 0 aliphatic carbocycles. The summed E-state index contributed by atoms with van der Waals surface area (Å²) >= 11 is 0. The van der Waals surface area contributed by atoms with E-state index in [1.807, 2.05) is 13.8 Å². The van der Waals surface area contributed by atoms with E-state index in [0.717, 1.165) is 5.57 Å². The Morgan fingerprint density at radius 3 is 2.71 bits per heavy atom. The zero-order valence-electron chi connectivity index (χ0n) is 8.26. The van der Waals surface area contributed by atoms with Crippen LogP contribution < -0.4 is 10.7 Å². The molecule has 14 heavy (non-hydrogen) atoms. The topological polar surface area (TPSA) is 61.4 Å². The summed E-state index contributed by atoms with van der Waals surface area (Å²) in [5.74, 6) is 0.567. The van der Waals surface area contributed by atoms with Gasteiger partial charge in [-0.05, 0) is 11.5 Å². The summed E-state index contributed by atoms with van der Waals surface area (Å²) in [5, 5.41) is 4.16. The highest BCUT2D eigenvalue weighted by atomic mass is 16.2. The first-order chi connectivity index (χ1) is 6.59. The van der Waals surface area contributed by atoms with Crippen molar-refractivity contribution in [2.45, 2.75) is 20.3 Å². The molecule has 5 nitrogen and oxygen atoms in total. The maximum atomic E-state index is 11.4. The van der Waals surface area contributed by atoms with E-state index in [4.69, 9.17) is 0 Å². The van der Waals surface area contributed by atoms with Gasteiger partial charge in [-0.1, -0.05) is 13.8 Å². The van der Waals surface area contributed by atoms with E-state index in [9.17, 15) is 9.59 Å². The SMILES string of the molecule is CC(C)C1=C2NC(=O)CC(=O)N2NC1. The van der Waals surface area contributed by atoms with E-state index in [0.29, 0.717) is 18.3 Å². The molecule has 76 valence electrons. The fraction of sp³-hybridized carbons (Fsp3) is 0.556. The van der Waals surface area contributed by atoms with Crippen molar-refractivity contribution in [1.29, 1.82) is 0 Å². The second-order valence-electron chi connectivity index (χ2n) is 3.82. The number of carbonyl (C=O) groups excluding carboxylic acids is 2. The molecule has 0 radical (unpaired) electrons. The van der Waals surface area contributed by atoms with Gasteiger partial charge in [0.15, 0.2) is 0 Å². The third kappa shape index (κ3) is 1.29. The monoisotopic (exact) mass is 195 g/mol. The van der Waals surface area contributed by atoms with E-state index >= 15 is 0 Å². The van der Waals surface area contributed by atoms with Gasteiger partial charge in [-0.3, -0.25) is 9.59 Å². The number of nitrogens with zero attached hydrogens (tertiary/aromatic N) is 1. The molecule has 0 aromatic rings. The summed E-state index contributed by atoms with van der Waals surface area (Å²) in [6.07, 6.45) is -0.0676. The second kappa shape index (κ2) is 3.09. The number of hydrazine groups is 1. The van der Waals surface area contributed by atoms with E-state index in [2.05, 4.69) is 10.7 Å². The Morgan fingerprint density at radius 2 is 2.07 bits per heavy atom. The minimum absolute atomic E-state index is 0.0676. The van der Waals surface area contributed by atoms with Crippen LogP contribution in [0, 0.1) is 5.92 Å². The molecule has 0 spiro atoms. The van der Waals surface area contributed by atoms with Gasteiger partial charge >= 0.3 is 0 Å².